The Morgan fingerprint density at radius 1 is 1.18 bits per heavy atom. The monoisotopic (exact) mass is 250 g/mol. The zero-order valence-corrected chi connectivity index (χ0v) is 10.7. The highest BCUT2D eigenvalue weighted by Crippen LogP contribution is 2.39. The van der Waals surface area contributed by atoms with Crippen molar-refractivity contribution in [3.8, 4) is 0 Å². The summed E-state index contributed by atoms with van der Waals surface area (Å²) in [5.41, 5.74) is 0. The number of likely N-dealkylation sites (tertiary alicyclic amines) is 1. The smallest absolute Gasteiger partial charge is 0.202 e. The third-order valence-corrected chi connectivity index (χ3v) is 4.66. The lowest BCUT2D eigenvalue weighted by Gasteiger charge is -2.14. The van der Waals surface area contributed by atoms with Crippen molar-refractivity contribution in [1.29, 1.82) is 0 Å². The quantitative estimate of drug-likeness (QED) is 0.888. The summed E-state index contributed by atoms with van der Waals surface area (Å²) in [5.74, 6) is 1.75. The molecule has 92 valence electrons. The summed E-state index contributed by atoms with van der Waals surface area (Å²) in [4.78, 5) is 7.22. The molecule has 0 bridgehead atoms. The first-order chi connectivity index (χ1) is 8.38. The van der Waals surface area contributed by atoms with Gasteiger partial charge in [0.15, 0.2) is 0 Å². The molecule has 4 rings (SSSR count). The third-order valence-electron chi connectivity index (χ3n) is 3.99. The molecular weight excluding hydrogens is 232 g/mol. The van der Waals surface area contributed by atoms with Crippen LogP contribution in [0, 0.1) is 0 Å². The van der Waals surface area contributed by atoms with Gasteiger partial charge in [-0.3, -0.25) is 4.90 Å². The zero-order chi connectivity index (χ0) is 11.2. The van der Waals surface area contributed by atoms with Crippen molar-refractivity contribution in [1.82, 2.24) is 14.3 Å². The van der Waals surface area contributed by atoms with Gasteiger partial charge in [-0.05, 0) is 32.1 Å². The van der Waals surface area contributed by atoms with Gasteiger partial charge in [0.25, 0.3) is 0 Å². The van der Waals surface area contributed by atoms with Crippen molar-refractivity contribution >= 4 is 16.7 Å². The van der Waals surface area contributed by atoms with Crippen LogP contribution in [0.3, 0.4) is 0 Å². The van der Waals surface area contributed by atoms with Crippen LogP contribution < -0.4 is 5.32 Å². The lowest BCUT2D eigenvalue weighted by atomic mass is 10.3. The number of rotatable bonds is 4. The van der Waals surface area contributed by atoms with Gasteiger partial charge in [-0.2, -0.15) is 4.37 Å². The summed E-state index contributed by atoms with van der Waals surface area (Å²) >= 11 is 1.54. The van der Waals surface area contributed by atoms with Crippen LogP contribution in [0.5, 0.6) is 0 Å². The predicted molar refractivity (Wildman–Crippen MR) is 68.5 cm³/mol. The number of nitrogens with one attached hydrogen (secondary N) is 1. The van der Waals surface area contributed by atoms with Crippen LogP contribution in [0.15, 0.2) is 0 Å². The standard InChI is InChI=1S/C12H18N4S/c1-2-8(1)11-14-12(17-15-11)13-9-5-6-16(7-9)10-3-4-10/h8-10H,1-7H2,(H,13,14,15). The van der Waals surface area contributed by atoms with Gasteiger partial charge in [0.1, 0.15) is 5.82 Å². The molecule has 2 aliphatic carbocycles. The van der Waals surface area contributed by atoms with Crippen LogP contribution in [0.1, 0.15) is 43.8 Å². The average Bonchev–Trinajstić information content (AvgIpc) is 3.27. The molecule has 17 heavy (non-hydrogen) atoms. The number of hydrogen-bond acceptors (Lipinski definition) is 5. The molecule has 3 fully saturated rings. The highest BCUT2D eigenvalue weighted by molar-refractivity contribution is 7.09. The normalized spacial score (nSPS) is 29.8. The van der Waals surface area contributed by atoms with E-state index in [0.29, 0.717) is 12.0 Å². The Morgan fingerprint density at radius 2 is 2.06 bits per heavy atom. The fourth-order valence-electron chi connectivity index (χ4n) is 2.65. The molecule has 1 N–H and O–H groups in total. The topological polar surface area (TPSA) is 41.0 Å². The van der Waals surface area contributed by atoms with Gasteiger partial charge < -0.3 is 5.32 Å². The maximum absolute atomic E-state index is 4.60. The largest absolute Gasteiger partial charge is 0.356 e. The molecule has 0 aromatic carbocycles. The summed E-state index contributed by atoms with van der Waals surface area (Å²) in [6, 6.07) is 1.49. The molecule has 2 saturated carbocycles. The van der Waals surface area contributed by atoms with Crippen molar-refractivity contribution in [3.63, 3.8) is 0 Å². The van der Waals surface area contributed by atoms with Gasteiger partial charge in [0.2, 0.25) is 5.13 Å². The Morgan fingerprint density at radius 3 is 2.82 bits per heavy atom. The van der Waals surface area contributed by atoms with Gasteiger partial charge in [0, 0.05) is 42.6 Å². The molecule has 0 spiro atoms. The summed E-state index contributed by atoms with van der Waals surface area (Å²) in [7, 11) is 0. The molecule has 3 aliphatic rings. The van der Waals surface area contributed by atoms with Crippen LogP contribution in [0.4, 0.5) is 5.13 Å². The van der Waals surface area contributed by atoms with Crippen molar-refractivity contribution in [3.05, 3.63) is 5.82 Å². The molecular formula is C12H18N4S. The van der Waals surface area contributed by atoms with Crippen molar-refractivity contribution < 1.29 is 0 Å². The molecule has 0 radical (unpaired) electrons. The van der Waals surface area contributed by atoms with E-state index in [9.17, 15) is 0 Å². The molecule has 2 heterocycles. The average molecular weight is 250 g/mol. The zero-order valence-electron chi connectivity index (χ0n) is 9.93. The van der Waals surface area contributed by atoms with E-state index in [0.717, 1.165) is 17.0 Å². The highest BCUT2D eigenvalue weighted by Gasteiger charge is 2.34. The fraction of sp³-hybridized carbons (Fsp3) is 0.833. The van der Waals surface area contributed by atoms with Crippen molar-refractivity contribution in [2.75, 3.05) is 18.4 Å². The second kappa shape index (κ2) is 3.92. The van der Waals surface area contributed by atoms with Crippen LogP contribution in [0.25, 0.3) is 0 Å². The van der Waals surface area contributed by atoms with E-state index in [-0.39, 0.29) is 0 Å². The molecule has 1 aromatic rings. The lowest BCUT2D eigenvalue weighted by molar-refractivity contribution is 0.326. The van der Waals surface area contributed by atoms with Gasteiger partial charge in [0.05, 0.1) is 0 Å². The van der Waals surface area contributed by atoms with E-state index < -0.39 is 0 Å². The van der Waals surface area contributed by atoms with Gasteiger partial charge >= 0.3 is 0 Å². The molecule has 1 aromatic heterocycles. The Labute approximate surface area is 106 Å². The van der Waals surface area contributed by atoms with E-state index in [4.69, 9.17) is 0 Å². The molecule has 1 saturated heterocycles. The van der Waals surface area contributed by atoms with E-state index in [1.165, 1.54) is 56.7 Å². The Hall–Kier alpha value is -0.680. The number of anilines is 1. The summed E-state index contributed by atoms with van der Waals surface area (Å²) in [6.45, 7) is 2.46. The maximum Gasteiger partial charge on any atom is 0.202 e. The molecule has 4 nitrogen and oxygen atoms in total. The summed E-state index contributed by atoms with van der Waals surface area (Å²) < 4.78 is 4.44. The number of hydrogen-bond donors (Lipinski definition) is 1. The minimum Gasteiger partial charge on any atom is -0.356 e. The summed E-state index contributed by atoms with van der Waals surface area (Å²) in [5, 5.41) is 4.60. The van der Waals surface area contributed by atoms with Crippen LogP contribution in [-0.2, 0) is 0 Å². The summed E-state index contributed by atoms with van der Waals surface area (Å²) in [6.07, 6.45) is 6.66. The van der Waals surface area contributed by atoms with Crippen LogP contribution >= 0.6 is 11.5 Å². The maximum atomic E-state index is 4.60. The van der Waals surface area contributed by atoms with E-state index >= 15 is 0 Å². The van der Waals surface area contributed by atoms with Crippen LogP contribution in [-0.4, -0.2) is 39.4 Å². The Bertz CT molecular complexity index is 410. The van der Waals surface area contributed by atoms with E-state index in [2.05, 4.69) is 19.6 Å². The van der Waals surface area contributed by atoms with Crippen LogP contribution in [0.2, 0.25) is 0 Å². The second-order valence-electron chi connectivity index (χ2n) is 5.59. The first-order valence-electron chi connectivity index (χ1n) is 6.73. The van der Waals surface area contributed by atoms with Crippen molar-refractivity contribution in [2.45, 2.75) is 50.1 Å². The predicted octanol–water partition coefficient (Wildman–Crippen LogP) is 2.06. The molecule has 5 heteroatoms. The van der Waals surface area contributed by atoms with Crippen molar-refractivity contribution in [2.24, 2.45) is 0 Å². The highest BCUT2D eigenvalue weighted by atomic mass is 32.1. The first kappa shape index (κ1) is 10.3. The molecule has 1 aliphatic heterocycles. The minimum absolute atomic E-state index is 0.593. The van der Waals surface area contributed by atoms with E-state index in [1.807, 2.05) is 0 Å². The van der Waals surface area contributed by atoms with E-state index in [1.54, 1.807) is 0 Å². The van der Waals surface area contributed by atoms with Gasteiger partial charge in [-0.15, -0.1) is 0 Å². The first-order valence-corrected chi connectivity index (χ1v) is 7.50. The molecule has 1 atom stereocenters. The molecule has 0 amide bonds. The number of nitrogens with zero attached hydrogens (tertiary/aromatic N) is 3. The number of aromatic nitrogens is 2. The second-order valence-corrected chi connectivity index (χ2v) is 6.34. The third kappa shape index (κ3) is 2.18. The van der Waals surface area contributed by atoms with Gasteiger partial charge in [-0.1, -0.05) is 0 Å². The lowest BCUT2D eigenvalue weighted by Crippen LogP contribution is -2.27. The minimum atomic E-state index is 0.593. The Kier molecular flexibility index (Phi) is 2.36. The Balaban J connectivity index is 1.36. The van der Waals surface area contributed by atoms with Gasteiger partial charge in [-0.25, -0.2) is 4.98 Å². The SMILES string of the molecule is C1CN(C2CC2)CC1Nc1nc(C2CC2)ns1. The fourth-order valence-corrected chi connectivity index (χ4v) is 3.38. The molecule has 1 unspecified atom stereocenters.